The largest absolute Gasteiger partial charge is 0.480 e. The maximum atomic E-state index is 12.4. The molecule has 0 saturated carbocycles. The molecule has 10 nitrogen and oxygen atoms in total. The van der Waals surface area contributed by atoms with Gasteiger partial charge in [-0.05, 0) is 24.6 Å². The number of hydrogen-bond donors (Lipinski definition) is 2. The second-order valence-corrected chi connectivity index (χ2v) is 6.00. The molecule has 2 N–H and O–H groups in total. The highest BCUT2D eigenvalue weighted by atomic mass is 16.6. The number of carbonyl (C=O) groups excluding carboxylic acids is 2. The first kappa shape index (κ1) is 21.5. The van der Waals surface area contributed by atoms with Crippen LogP contribution in [0.5, 0.6) is 0 Å². The number of carboxylic acids is 1. The number of nitrogens with one attached hydrogen (secondary N) is 1. The van der Waals surface area contributed by atoms with Crippen molar-refractivity contribution in [1.82, 2.24) is 10.3 Å². The van der Waals surface area contributed by atoms with Crippen LogP contribution in [0.4, 0.5) is 5.69 Å². The minimum Gasteiger partial charge on any atom is -0.480 e. The molecule has 0 aliphatic rings. The highest BCUT2D eigenvalue weighted by molar-refractivity contribution is 5.96. The van der Waals surface area contributed by atoms with Crippen LogP contribution in [0.2, 0.25) is 0 Å². The fourth-order valence-corrected chi connectivity index (χ4v) is 2.73. The lowest BCUT2D eigenvalue weighted by atomic mass is 9.88. The van der Waals surface area contributed by atoms with Crippen molar-refractivity contribution in [3.8, 4) is 0 Å². The van der Waals surface area contributed by atoms with Gasteiger partial charge in [0.25, 0.3) is 11.6 Å². The molecule has 0 unspecified atom stereocenters. The van der Waals surface area contributed by atoms with E-state index in [-0.39, 0.29) is 24.3 Å². The van der Waals surface area contributed by atoms with E-state index in [4.69, 9.17) is 4.74 Å². The number of aromatic nitrogens is 1. The first-order chi connectivity index (χ1) is 13.8. The number of carbonyl (C=O) groups is 3. The lowest BCUT2D eigenvalue weighted by Gasteiger charge is -2.24. The van der Waals surface area contributed by atoms with Crippen molar-refractivity contribution in [2.24, 2.45) is 0 Å². The molecule has 1 heterocycles. The molecule has 152 valence electrons. The number of carboxylic acid groups (broad SMARTS) is 1. The van der Waals surface area contributed by atoms with Gasteiger partial charge >= 0.3 is 11.9 Å². The van der Waals surface area contributed by atoms with Gasteiger partial charge in [0.15, 0.2) is 0 Å². The molecule has 1 aromatic carbocycles. The van der Waals surface area contributed by atoms with Crippen LogP contribution in [0.3, 0.4) is 0 Å². The molecule has 1 aromatic heterocycles. The van der Waals surface area contributed by atoms with Crippen LogP contribution < -0.4 is 5.32 Å². The average molecular weight is 401 g/mol. The third-order valence-corrected chi connectivity index (χ3v) is 4.10. The molecule has 29 heavy (non-hydrogen) atoms. The molecule has 1 amide bonds. The quantitative estimate of drug-likeness (QED) is 0.368. The van der Waals surface area contributed by atoms with E-state index in [0.29, 0.717) is 5.56 Å². The highest BCUT2D eigenvalue weighted by Crippen LogP contribution is 2.27. The monoisotopic (exact) mass is 401 g/mol. The topological polar surface area (TPSA) is 149 Å². The summed E-state index contributed by atoms with van der Waals surface area (Å²) in [6, 6.07) is 6.63. The van der Waals surface area contributed by atoms with Crippen LogP contribution >= 0.6 is 0 Å². The van der Waals surface area contributed by atoms with Crippen molar-refractivity contribution < 1.29 is 29.2 Å². The zero-order valence-corrected chi connectivity index (χ0v) is 15.5. The number of nitro groups is 1. The standard InChI is InChI=1S/C19H19N3O7/c1-2-29-16(23)10-15(12-5-7-14(8-6-12)22(27)28)17(19(25)26)21-18(24)13-4-3-9-20-11-13/h3-9,11,15,17H,2,10H2,1H3,(H,21,24)(H,25,26)/t15-,17-/m1/s1. The Labute approximate surface area is 165 Å². The Balaban J connectivity index is 2.36. The molecule has 0 spiro atoms. The van der Waals surface area contributed by atoms with Crippen LogP contribution in [0, 0.1) is 10.1 Å². The second kappa shape index (κ2) is 9.93. The van der Waals surface area contributed by atoms with Gasteiger partial charge in [-0.15, -0.1) is 0 Å². The van der Waals surface area contributed by atoms with E-state index in [1.807, 2.05) is 0 Å². The van der Waals surface area contributed by atoms with Crippen molar-refractivity contribution in [3.63, 3.8) is 0 Å². The van der Waals surface area contributed by atoms with E-state index in [0.717, 1.165) is 0 Å². The SMILES string of the molecule is CCOC(=O)C[C@H](c1ccc([N+](=O)[O-])cc1)[C@@H](NC(=O)c1cccnc1)C(=O)O. The zero-order chi connectivity index (χ0) is 21.4. The Bertz CT molecular complexity index is 884. The van der Waals surface area contributed by atoms with Gasteiger partial charge in [0, 0.05) is 30.4 Å². The number of hydrogen-bond acceptors (Lipinski definition) is 7. The third-order valence-electron chi connectivity index (χ3n) is 4.10. The minimum absolute atomic E-state index is 0.103. The number of aliphatic carboxylic acids is 1. The van der Waals surface area contributed by atoms with E-state index >= 15 is 0 Å². The number of rotatable bonds is 9. The van der Waals surface area contributed by atoms with Crippen molar-refractivity contribution >= 4 is 23.5 Å². The fourth-order valence-electron chi connectivity index (χ4n) is 2.73. The van der Waals surface area contributed by atoms with Gasteiger partial charge in [-0.25, -0.2) is 4.79 Å². The molecule has 0 radical (unpaired) electrons. The summed E-state index contributed by atoms with van der Waals surface area (Å²) in [7, 11) is 0. The number of nitrogens with zero attached hydrogens (tertiary/aromatic N) is 2. The van der Waals surface area contributed by atoms with E-state index < -0.39 is 34.7 Å². The number of benzene rings is 1. The summed E-state index contributed by atoms with van der Waals surface area (Å²) in [4.78, 5) is 50.5. The summed E-state index contributed by atoms with van der Waals surface area (Å²) in [5, 5.41) is 23.0. The summed E-state index contributed by atoms with van der Waals surface area (Å²) in [5.74, 6) is -3.71. The maximum absolute atomic E-state index is 12.4. The Morgan fingerprint density at radius 3 is 2.45 bits per heavy atom. The van der Waals surface area contributed by atoms with Gasteiger partial charge in [0.2, 0.25) is 0 Å². The predicted molar refractivity (Wildman–Crippen MR) is 100 cm³/mol. The number of non-ortho nitro benzene ring substituents is 1. The summed E-state index contributed by atoms with van der Waals surface area (Å²) < 4.78 is 4.91. The van der Waals surface area contributed by atoms with Gasteiger partial charge in [-0.3, -0.25) is 24.7 Å². The van der Waals surface area contributed by atoms with E-state index in [2.05, 4.69) is 10.3 Å². The molecule has 2 aromatic rings. The van der Waals surface area contributed by atoms with E-state index in [1.165, 1.54) is 48.8 Å². The smallest absolute Gasteiger partial charge is 0.326 e. The summed E-state index contributed by atoms with van der Waals surface area (Å²) in [6.07, 6.45) is 2.41. The molecule has 2 rings (SSSR count). The molecular formula is C19H19N3O7. The molecule has 2 atom stereocenters. The number of pyridine rings is 1. The third kappa shape index (κ3) is 5.83. The van der Waals surface area contributed by atoms with Gasteiger partial charge in [0.05, 0.1) is 23.5 Å². The van der Waals surface area contributed by atoms with Gasteiger partial charge in [-0.2, -0.15) is 0 Å². The van der Waals surface area contributed by atoms with E-state index in [9.17, 15) is 29.6 Å². The molecular weight excluding hydrogens is 382 g/mol. The van der Waals surface area contributed by atoms with Crippen LogP contribution in [0.15, 0.2) is 48.8 Å². The molecule has 0 aliphatic heterocycles. The van der Waals surface area contributed by atoms with Gasteiger partial charge < -0.3 is 15.2 Å². The Hall–Kier alpha value is -3.82. The Morgan fingerprint density at radius 1 is 1.24 bits per heavy atom. The molecule has 10 heteroatoms. The van der Waals surface area contributed by atoms with Crippen molar-refractivity contribution in [3.05, 3.63) is 70.0 Å². The molecule has 0 bridgehead atoms. The summed E-state index contributed by atoms with van der Waals surface area (Å²) in [6.45, 7) is 1.71. The number of esters is 1. The Morgan fingerprint density at radius 2 is 1.93 bits per heavy atom. The van der Waals surface area contributed by atoms with Crippen LogP contribution in [-0.4, -0.2) is 45.5 Å². The van der Waals surface area contributed by atoms with Crippen molar-refractivity contribution in [1.29, 1.82) is 0 Å². The first-order valence-electron chi connectivity index (χ1n) is 8.67. The number of nitro benzene ring substituents is 1. The maximum Gasteiger partial charge on any atom is 0.326 e. The van der Waals surface area contributed by atoms with Gasteiger partial charge in [-0.1, -0.05) is 12.1 Å². The first-order valence-corrected chi connectivity index (χ1v) is 8.67. The highest BCUT2D eigenvalue weighted by Gasteiger charge is 2.33. The van der Waals surface area contributed by atoms with Crippen molar-refractivity contribution in [2.75, 3.05) is 6.61 Å². The Kier molecular flexibility index (Phi) is 7.35. The lowest BCUT2D eigenvalue weighted by molar-refractivity contribution is -0.384. The van der Waals surface area contributed by atoms with Crippen LogP contribution in [0.25, 0.3) is 0 Å². The molecule has 0 aliphatic carbocycles. The normalized spacial score (nSPS) is 12.4. The predicted octanol–water partition coefficient (Wildman–Crippen LogP) is 1.91. The fraction of sp³-hybridized carbons (Fsp3) is 0.263. The van der Waals surface area contributed by atoms with Crippen LogP contribution in [-0.2, 0) is 14.3 Å². The lowest BCUT2D eigenvalue weighted by Crippen LogP contribution is -2.45. The second-order valence-electron chi connectivity index (χ2n) is 6.00. The zero-order valence-electron chi connectivity index (χ0n) is 15.5. The average Bonchev–Trinajstić information content (AvgIpc) is 2.71. The number of ether oxygens (including phenoxy) is 1. The van der Waals surface area contributed by atoms with Crippen LogP contribution in [0.1, 0.15) is 35.2 Å². The molecule has 0 fully saturated rings. The number of amides is 1. The van der Waals surface area contributed by atoms with Crippen molar-refractivity contribution in [2.45, 2.75) is 25.3 Å². The minimum atomic E-state index is -1.48. The summed E-state index contributed by atoms with van der Waals surface area (Å²) in [5.41, 5.74) is 0.301. The van der Waals surface area contributed by atoms with Gasteiger partial charge in [0.1, 0.15) is 6.04 Å². The summed E-state index contributed by atoms with van der Waals surface area (Å²) >= 11 is 0. The van der Waals surface area contributed by atoms with E-state index in [1.54, 1.807) is 6.92 Å². The molecule has 0 saturated heterocycles.